The minimum atomic E-state index is -0.0883. The van der Waals surface area contributed by atoms with Crippen molar-refractivity contribution in [1.82, 2.24) is 24.9 Å². The average Bonchev–Trinajstić information content (AvgIpc) is 3.01. The van der Waals surface area contributed by atoms with Crippen molar-refractivity contribution >= 4 is 11.8 Å². The van der Waals surface area contributed by atoms with Crippen LogP contribution in [0.1, 0.15) is 64.0 Å². The SMILES string of the molecule is CCn1c(SCc2nc(C(C)(C)C)no2)nnc1C1CC1. The summed E-state index contributed by atoms with van der Waals surface area (Å²) in [5.41, 5.74) is -0.0883. The van der Waals surface area contributed by atoms with Crippen LogP contribution in [0.5, 0.6) is 0 Å². The van der Waals surface area contributed by atoms with Gasteiger partial charge in [-0.05, 0) is 19.8 Å². The maximum absolute atomic E-state index is 5.31. The molecule has 1 fully saturated rings. The summed E-state index contributed by atoms with van der Waals surface area (Å²) in [5.74, 6) is 3.76. The van der Waals surface area contributed by atoms with Gasteiger partial charge >= 0.3 is 0 Å². The van der Waals surface area contributed by atoms with Gasteiger partial charge in [-0.25, -0.2) is 0 Å². The van der Waals surface area contributed by atoms with Crippen molar-refractivity contribution in [3.8, 4) is 0 Å². The zero-order chi connectivity index (χ0) is 15.0. The molecule has 2 aromatic rings. The molecule has 114 valence electrons. The molecule has 0 atom stereocenters. The first-order valence-corrected chi connectivity index (χ1v) is 8.36. The van der Waals surface area contributed by atoms with Gasteiger partial charge in [-0.1, -0.05) is 37.7 Å². The lowest BCUT2D eigenvalue weighted by Gasteiger charge is -2.10. The second-order valence-corrected chi connectivity index (χ2v) is 7.35. The molecule has 0 unspecified atom stereocenters. The van der Waals surface area contributed by atoms with Gasteiger partial charge in [0.05, 0.1) is 5.75 Å². The molecular formula is C14H21N5OS. The molecule has 21 heavy (non-hydrogen) atoms. The molecule has 2 aromatic heterocycles. The van der Waals surface area contributed by atoms with Gasteiger partial charge in [0.2, 0.25) is 5.89 Å². The molecule has 1 aliphatic rings. The summed E-state index contributed by atoms with van der Waals surface area (Å²) in [7, 11) is 0. The lowest BCUT2D eigenvalue weighted by molar-refractivity contribution is 0.372. The topological polar surface area (TPSA) is 69.6 Å². The van der Waals surface area contributed by atoms with Gasteiger partial charge < -0.3 is 9.09 Å². The maximum atomic E-state index is 5.31. The van der Waals surface area contributed by atoms with Crippen molar-refractivity contribution in [2.24, 2.45) is 0 Å². The minimum Gasteiger partial charge on any atom is -0.338 e. The lowest BCUT2D eigenvalue weighted by Crippen LogP contribution is -2.13. The summed E-state index contributed by atoms with van der Waals surface area (Å²) in [5, 5.41) is 13.6. The van der Waals surface area contributed by atoms with Crippen molar-refractivity contribution in [2.75, 3.05) is 0 Å². The third-order valence-corrected chi connectivity index (χ3v) is 4.42. The Labute approximate surface area is 128 Å². The highest BCUT2D eigenvalue weighted by Gasteiger charge is 2.30. The third-order valence-electron chi connectivity index (χ3n) is 3.47. The molecule has 0 aromatic carbocycles. The van der Waals surface area contributed by atoms with Gasteiger partial charge in [-0.2, -0.15) is 4.98 Å². The average molecular weight is 307 g/mol. The zero-order valence-electron chi connectivity index (χ0n) is 13.0. The monoisotopic (exact) mass is 307 g/mol. The molecule has 0 radical (unpaired) electrons. The Bertz CT molecular complexity index is 624. The van der Waals surface area contributed by atoms with Gasteiger partial charge in [0, 0.05) is 17.9 Å². The van der Waals surface area contributed by atoms with Crippen LogP contribution >= 0.6 is 11.8 Å². The Morgan fingerprint density at radius 1 is 1.29 bits per heavy atom. The number of hydrogen-bond acceptors (Lipinski definition) is 6. The van der Waals surface area contributed by atoms with Crippen LogP contribution < -0.4 is 0 Å². The van der Waals surface area contributed by atoms with Crippen molar-refractivity contribution in [2.45, 2.75) is 69.3 Å². The van der Waals surface area contributed by atoms with Crippen molar-refractivity contribution < 1.29 is 4.52 Å². The number of rotatable bonds is 5. The fraction of sp³-hybridized carbons (Fsp3) is 0.714. The Hall–Kier alpha value is -1.37. The molecular weight excluding hydrogens is 286 g/mol. The van der Waals surface area contributed by atoms with E-state index in [1.54, 1.807) is 11.8 Å². The largest absolute Gasteiger partial charge is 0.338 e. The molecule has 1 saturated carbocycles. The van der Waals surface area contributed by atoms with Crippen LogP contribution in [-0.4, -0.2) is 24.9 Å². The normalized spacial score (nSPS) is 15.6. The second-order valence-electron chi connectivity index (χ2n) is 6.41. The van der Waals surface area contributed by atoms with Gasteiger partial charge in [0.1, 0.15) is 5.82 Å². The first-order valence-electron chi connectivity index (χ1n) is 7.38. The highest BCUT2D eigenvalue weighted by atomic mass is 32.2. The van der Waals surface area contributed by atoms with E-state index in [0.29, 0.717) is 17.6 Å². The van der Waals surface area contributed by atoms with E-state index in [1.807, 2.05) is 0 Å². The maximum Gasteiger partial charge on any atom is 0.237 e. The highest BCUT2D eigenvalue weighted by Crippen LogP contribution is 2.40. The molecule has 0 aliphatic heterocycles. The lowest BCUT2D eigenvalue weighted by atomic mass is 9.96. The summed E-state index contributed by atoms with van der Waals surface area (Å²) in [4.78, 5) is 4.45. The molecule has 0 amide bonds. The van der Waals surface area contributed by atoms with Crippen LogP contribution in [0.15, 0.2) is 9.68 Å². The van der Waals surface area contributed by atoms with Crippen LogP contribution in [0, 0.1) is 0 Å². The first-order chi connectivity index (χ1) is 9.99. The minimum absolute atomic E-state index is 0.0883. The summed E-state index contributed by atoms with van der Waals surface area (Å²) < 4.78 is 7.51. The molecule has 1 aliphatic carbocycles. The standard InChI is InChI=1S/C14H21N5OS/c1-5-19-11(9-6-7-9)16-17-13(19)21-8-10-15-12(18-20-10)14(2,3)4/h9H,5-8H2,1-4H3. The van der Waals surface area contributed by atoms with E-state index < -0.39 is 0 Å². The summed E-state index contributed by atoms with van der Waals surface area (Å²) >= 11 is 1.61. The molecule has 7 heteroatoms. The fourth-order valence-electron chi connectivity index (χ4n) is 2.09. The predicted molar refractivity (Wildman–Crippen MR) is 80.2 cm³/mol. The van der Waals surface area contributed by atoms with Crippen LogP contribution in [0.2, 0.25) is 0 Å². The quantitative estimate of drug-likeness (QED) is 0.790. The molecule has 0 spiro atoms. The number of thioether (sulfide) groups is 1. The van der Waals surface area contributed by atoms with E-state index in [-0.39, 0.29) is 5.41 Å². The van der Waals surface area contributed by atoms with E-state index in [9.17, 15) is 0 Å². The van der Waals surface area contributed by atoms with Gasteiger partial charge in [0.15, 0.2) is 11.0 Å². The van der Waals surface area contributed by atoms with Crippen LogP contribution in [-0.2, 0) is 17.7 Å². The molecule has 0 bridgehead atoms. The number of aromatic nitrogens is 5. The first kappa shape index (κ1) is 14.6. The van der Waals surface area contributed by atoms with Crippen LogP contribution in [0.3, 0.4) is 0 Å². The molecule has 0 N–H and O–H groups in total. The number of hydrogen-bond donors (Lipinski definition) is 0. The molecule has 3 rings (SSSR count). The van der Waals surface area contributed by atoms with Crippen molar-refractivity contribution in [3.63, 3.8) is 0 Å². The Balaban J connectivity index is 1.69. The van der Waals surface area contributed by atoms with E-state index in [0.717, 1.165) is 23.4 Å². The van der Waals surface area contributed by atoms with Crippen molar-refractivity contribution in [1.29, 1.82) is 0 Å². The van der Waals surface area contributed by atoms with E-state index >= 15 is 0 Å². The van der Waals surface area contributed by atoms with Gasteiger partial charge in [-0.15, -0.1) is 10.2 Å². The summed E-state index contributed by atoms with van der Waals surface area (Å²) in [6.45, 7) is 9.25. The number of nitrogens with zero attached hydrogens (tertiary/aromatic N) is 5. The van der Waals surface area contributed by atoms with E-state index in [1.165, 1.54) is 12.8 Å². The molecule has 0 saturated heterocycles. The smallest absolute Gasteiger partial charge is 0.237 e. The van der Waals surface area contributed by atoms with E-state index in [2.05, 4.69) is 52.6 Å². The Kier molecular flexibility index (Phi) is 3.77. The fourth-order valence-corrected chi connectivity index (χ4v) is 2.94. The zero-order valence-corrected chi connectivity index (χ0v) is 13.8. The molecule has 2 heterocycles. The highest BCUT2D eigenvalue weighted by molar-refractivity contribution is 7.98. The van der Waals surface area contributed by atoms with Crippen LogP contribution in [0.25, 0.3) is 0 Å². The van der Waals surface area contributed by atoms with E-state index in [4.69, 9.17) is 4.52 Å². The van der Waals surface area contributed by atoms with Gasteiger partial charge in [0.25, 0.3) is 0 Å². The third kappa shape index (κ3) is 3.12. The Morgan fingerprint density at radius 3 is 2.62 bits per heavy atom. The Morgan fingerprint density at radius 2 is 2.05 bits per heavy atom. The van der Waals surface area contributed by atoms with Crippen LogP contribution in [0.4, 0.5) is 0 Å². The second kappa shape index (κ2) is 5.44. The predicted octanol–water partition coefficient (Wildman–Crippen LogP) is 3.15. The summed E-state index contributed by atoms with van der Waals surface area (Å²) in [6, 6.07) is 0. The van der Waals surface area contributed by atoms with Crippen molar-refractivity contribution in [3.05, 3.63) is 17.5 Å². The summed E-state index contributed by atoms with van der Waals surface area (Å²) in [6.07, 6.45) is 2.48. The molecule has 6 nitrogen and oxygen atoms in total. The van der Waals surface area contributed by atoms with Gasteiger partial charge in [-0.3, -0.25) is 0 Å².